The zero-order chi connectivity index (χ0) is 18.3. The minimum atomic E-state index is -1.27. The fraction of sp³-hybridized carbons (Fsp3) is 0.353. The molecule has 136 valence electrons. The lowest BCUT2D eigenvalue weighted by atomic mass is 10.1. The third kappa shape index (κ3) is 2.71. The van der Waals surface area contributed by atoms with Crippen LogP contribution in [0.3, 0.4) is 0 Å². The summed E-state index contributed by atoms with van der Waals surface area (Å²) in [5, 5.41) is 29.3. The topological polar surface area (TPSA) is 123 Å². The van der Waals surface area contributed by atoms with E-state index in [-0.39, 0.29) is 16.7 Å². The van der Waals surface area contributed by atoms with Crippen LogP contribution < -0.4 is 5.56 Å². The number of nitrogens with zero attached hydrogens (tertiary/aromatic N) is 4. The summed E-state index contributed by atoms with van der Waals surface area (Å²) in [7, 11) is 0. The molecule has 1 aliphatic rings. The normalized spacial score (nSPS) is 25.8. The Morgan fingerprint density at radius 1 is 1.08 bits per heavy atom. The Balaban J connectivity index is 1.70. The monoisotopic (exact) mass is 358 g/mol. The summed E-state index contributed by atoms with van der Waals surface area (Å²) >= 11 is 0. The predicted octanol–water partition coefficient (Wildman–Crippen LogP) is -0.747. The van der Waals surface area contributed by atoms with Crippen LogP contribution in [0, 0.1) is 0 Å². The van der Waals surface area contributed by atoms with Gasteiger partial charge < -0.3 is 20.1 Å². The van der Waals surface area contributed by atoms with Gasteiger partial charge in [0.05, 0.1) is 19.5 Å². The largest absolute Gasteiger partial charge is 0.394 e. The number of aromatic nitrogens is 4. The Morgan fingerprint density at radius 3 is 2.54 bits per heavy atom. The lowest BCUT2D eigenvalue weighted by Gasteiger charge is -2.16. The zero-order valence-corrected chi connectivity index (χ0v) is 13.7. The highest BCUT2D eigenvalue weighted by Gasteiger charge is 2.44. The first-order chi connectivity index (χ1) is 12.6. The van der Waals surface area contributed by atoms with E-state index in [1.54, 1.807) is 0 Å². The number of aliphatic hydroxyl groups is 3. The molecule has 9 heteroatoms. The van der Waals surface area contributed by atoms with Crippen molar-refractivity contribution in [3.63, 3.8) is 0 Å². The molecule has 1 fully saturated rings. The molecule has 0 amide bonds. The molecule has 0 saturated carbocycles. The van der Waals surface area contributed by atoms with Gasteiger partial charge in [0.2, 0.25) is 0 Å². The molecule has 2 unspecified atom stereocenters. The van der Waals surface area contributed by atoms with E-state index in [1.165, 1.54) is 21.8 Å². The average molecular weight is 358 g/mol. The molecule has 1 saturated heterocycles. The number of hydrogen-bond donors (Lipinski definition) is 3. The Kier molecular flexibility index (Phi) is 4.29. The van der Waals surface area contributed by atoms with E-state index in [9.17, 15) is 20.1 Å². The minimum Gasteiger partial charge on any atom is -0.394 e. The summed E-state index contributed by atoms with van der Waals surface area (Å²) in [6.45, 7) is -0.0675. The van der Waals surface area contributed by atoms with Crippen molar-refractivity contribution in [2.75, 3.05) is 6.61 Å². The Hall–Kier alpha value is -2.59. The van der Waals surface area contributed by atoms with Crippen molar-refractivity contribution < 1.29 is 20.1 Å². The second-order valence-corrected chi connectivity index (χ2v) is 6.22. The van der Waals surface area contributed by atoms with Gasteiger partial charge in [0, 0.05) is 0 Å². The van der Waals surface area contributed by atoms with Crippen molar-refractivity contribution in [2.45, 2.75) is 31.1 Å². The van der Waals surface area contributed by atoms with Gasteiger partial charge in [-0.3, -0.25) is 13.9 Å². The summed E-state index contributed by atoms with van der Waals surface area (Å²) in [6.07, 6.45) is -1.64. The number of benzene rings is 1. The maximum atomic E-state index is 12.7. The van der Waals surface area contributed by atoms with Crippen LogP contribution in [0.5, 0.6) is 0 Å². The molecule has 0 aliphatic carbocycles. The third-order valence-electron chi connectivity index (χ3n) is 4.54. The summed E-state index contributed by atoms with van der Waals surface area (Å²) in [6, 6.07) is 9.50. The van der Waals surface area contributed by atoms with Crippen LogP contribution in [0.2, 0.25) is 0 Å². The SMILES string of the molecule is O=c1c2ncn([C@@H]3O[C@H](CO)C(O)C3O)c2ncn1Cc1ccccc1. The molecule has 0 spiro atoms. The lowest BCUT2D eigenvalue weighted by molar-refractivity contribution is -0.0511. The number of aliphatic hydroxyl groups excluding tert-OH is 3. The van der Waals surface area contributed by atoms with E-state index in [0.717, 1.165) is 5.56 Å². The van der Waals surface area contributed by atoms with Crippen LogP contribution in [0.25, 0.3) is 11.2 Å². The third-order valence-corrected chi connectivity index (χ3v) is 4.54. The van der Waals surface area contributed by atoms with Gasteiger partial charge in [-0.15, -0.1) is 0 Å². The first-order valence-corrected chi connectivity index (χ1v) is 8.18. The summed E-state index contributed by atoms with van der Waals surface area (Å²) in [5.74, 6) is 0. The van der Waals surface area contributed by atoms with Crippen LogP contribution in [0.1, 0.15) is 11.8 Å². The van der Waals surface area contributed by atoms with Gasteiger partial charge in [0.1, 0.15) is 24.6 Å². The van der Waals surface area contributed by atoms with Gasteiger partial charge in [-0.2, -0.15) is 0 Å². The Labute approximate surface area is 147 Å². The maximum Gasteiger partial charge on any atom is 0.281 e. The van der Waals surface area contributed by atoms with Crippen LogP contribution in [-0.4, -0.2) is 59.3 Å². The molecule has 3 N–H and O–H groups in total. The van der Waals surface area contributed by atoms with Gasteiger partial charge in [0.15, 0.2) is 17.4 Å². The van der Waals surface area contributed by atoms with Crippen molar-refractivity contribution >= 4 is 11.2 Å². The molecule has 9 nitrogen and oxygen atoms in total. The highest BCUT2D eigenvalue weighted by molar-refractivity contribution is 5.69. The molecule has 1 aromatic carbocycles. The van der Waals surface area contributed by atoms with Crippen LogP contribution in [0.15, 0.2) is 47.8 Å². The first kappa shape index (κ1) is 16.9. The van der Waals surface area contributed by atoms with Gasteiger partial charge in [-0.05, 0) is 5.56 Å². The van der Waals surface area contributed by atoms with Gasteiger partial charge in [0.25, 0.3) is 5.56 Å². The fourth-order valence-corrected chi connectivity index (χ4v) is 3.13. The summed E-state index contributed by atoms with van der Waals surface area (Å²) in [5.41, 5.74) is 1.03. The number of imidazole rings is 1. The van der Waals surface area contributed by atoms with Crippen molar-refractivity contribution in [3.8, 4) is 0 Å². The molecule has 2 aromatic heterocycles. The highest BCUT2D eigenvalue weighted by Crippen LogP contribution is 2.30. The highest BCUT2D eigenvalue weighted by atomic mass is 16.6. The number of hydrogen-bond acceptors (Lipinski definition) is 7. The molecule has 4 rings (SSSR count). The van der Waals surface area contributed by atoms with Crippen LogP contribution in [0.4, 0.5) is 0 Å². The van der Waals surface area contributed by atoms with Crippen LogP contribution in [-0.2, 0) is 11.3 Å². The predicted molar refractivity (Wildman–Crippen MR) is 90.3 cm³/mol. The Bertz CT molecular complexity index is 970. The van der Waals surface area contributed by atoms with Crippen LogP contribution >= 0.6 is 0 Å². The fourth-order valence-electron chi connectivity index (χ4n) is 3.13. The number of fused-ring (bicyclic) bond motifs is 1. The molecule has 3 aromatic rings. The molecule has 1 aliphatic heterocycles. The van der Waals surface area contributed by atoms with E-state index in [2.05, 4.69) is 9.97 Å². The van der Waals surface area contributed by atoms with Gasteiger partial charge in [-0.1, -0.05) is 30.3 Å². The summed E-state index contributed by atoms with van der Waals surface area (Å²) < 4.78 is 8.32. The molecule has 0 radical (unpaired) electrons. The smallest absolute Gasteiger partial charge is 0.281 e. The van der Waals surface area contributed by atoms with Crippen molar-refractivity contribution in [1.82, 2.24) is 19.1 Å². The van der Waals surface area contributed by atoms with E-state index >= 15 is 0 Å². The quantitative estimate of drug-likeness (QED) is 0.561. The van der Waals surface area contributed by atoms with E-state index in [1.807, 2.05) is 30.3 Å². The van der Waals surface area contributed by atoms with Crippen molar-refractivity contribution in [1.29, 1.82) is 0 Å². The van der Waals surface area contributed by atoms with Crippen molar-refractivity contribution in [3.05, 3.63) is 58.9 Å². The average Bonchev–Trinajstić information content (AvgIpc) is 3.20. The lowest BCUT2D eigenvalue weighted by Crippen LogP contribution is -2.33. The minimum absolute atomic E-state index is 0.140. The molecule has 26 heavy (non-hydrogen) atoms. The number of rotatable bonds is 4. The molecule has 0 bridgehead atoms. The maximum absolute atomic E-state index is 12.7. The second kappa shape index (κ2) is 6.61. The molecular formula is C17H18N4O5. The van der Waals surface area contributed by atoms with E-state index < -0.39 is 31.1 Å². The van der Waals surface area contributed by atoms with Crippen molar-refractivity contribution in [2.24, 2.45) is 0 Å². The second-order valence-electron chi connectivity index (χ2n) is 6.22. The zero-order valence-electron chi connectivity index (χ0n) is 13.7. The van der Waals surface area contributed by atoms with Gasteiger partial charge >= 0.3 is 0 Å². The molecular weight excluding hydrogens is 340 g/mol. The summed E-state index contributed by atoms with van der Waals surface area (Å²) in [4.78, 5) is 21.1. The molecule has 4 atom stereocenters. The van der Waals surface area contributed by atoms with E-state index in [0.29, 0.717) is 6.54 Å². The Morgan fingerprint density at radius 2 is 1.85 bits per heavy atom. The standard InChI is InChI=1S/C17H18N4O5/c22-7-11-13(23)14(24)17(26-11)21-9-18-12-15(21)19-8-20(16(12)25)6-10-4-2-1-3-5-10/h1-5,8-9,11,13-14,17,22-24H,6-7H2/t11-,13?,14?,17-/m1/s1. The molecule has 3 heterocycles. The first-order valence-electron chi connectivity index (χ1n) is 8.18. The number of ether oxygens (including phenoxy) is 1. The van der Waals surface area contributed by atoms with Gasteiger partial charge in [-0.25, -0.2) is 9.97 Å². The van der Waals surface area contributed by atoms with E-state index in [4.69, 9.17) is 4.74 Å².